The average molecular weight is 204 g/mol. The maximum atomic E-state index is 10.7. The molecule has 0 atom stereocenters. The van der Waals surface area contributed by atoms with Crippen LogP contribution in [0.1, 0.15) is 10.6 Å². The third-order valence-electron chi connectivity index (χ3n) is 2.08. The molecule has 0 saturated carbocycles. The van der Waals surface area contributed by atoms with Crippen LogP contribution in [0, 0.1) is 0 Å². The molecule has 1 aromatic heterocycles. The second-order valence-corrected chi connectivity index (χ2v) is 3.06. The highest BCUT2D eigenvalue weighted by molar-refractivity contribution is 5.84. The SMILES string of the molecule is O=Cc1nc2ccccc2n1CC(=O)O. The molecule has 5 heteroatoms. The van der Waals surface area contributed by atoms with Crippen LogP contribution < -0.4 is 0 Å². The van der Waals surface area contributed by atoms with Gasteiger partial charge in [-0.3, -0.25) is 9.59 Å². The van der Waals surface area contributed by atoms with Crippen LogP contribution in [0.4, 0.5) is 0 Å². The molecule has 0 radical (unpaired) electrons. The quantitative estimate of drug-likeness (QED) is 0.755. The van der Waals surface area contributed by atoms with Gasteiger partial charge in [0.1, 0.15) is 6.54 Å². The van der Waals surface area contributed by atoms with E-state index in [4.69, 9.17) is 5.11 Å². The Bertz CT molecular complexity index is 530. The maximum absolute atomic E-state index is 10.7. The minimum Gasteiger partial charge on any atom is -0.480 e. The van der Waals surface area contributed by atoms with Gasteiger partial charge in [0.2, 0.25) is 0 Å². The van der Waals surface area contributed by atoms with Gasteiger partial charge in [0, 0.05) is 0 Å². The summed E-state index contributed by atoms with van der Waals surface area (Å²) in [6.45, 7) is -0.255. The van der Waals surface area contributed by atoms with Crippen molar-refractivity contribution < 1.29 is 14.7 Å². The molecule has 0 fully saturated rings. The van der Waals surface area contributed by atoms with Crippen molar-refractivity contribution in [3.63, 3.8) is 0 Å². The van der Waals surface area contributed by atoms with E-state index in [2.05, 4.69) is 4.98 Å². The number of aromatic nitrogens is 2. The first-order chi connectivity index (χ1) is 7.22. The number of carboxylic acid groups (broad SMARTS) is 1. The third kappa shape index (κ3) is 1.59. The lowest BCUT2D eigenvalue weighted by molar-refractivity contribution is -0.137. The Hall–Kier alpha value is -2.17. The number of carboxylic acids is 1. The molecule has 0 amide bonds. The maximum Gasteiger partial charge on any atom is 0.323 e. The standard InChI is InChI=1S/C10H8N2O3/c13-6-9-11-7-3-1-2-4-8(7)12(9)5-10(14)15/h1-4,6H,5H2,(H,14,15). The van der Waals surface area contributed by atoms with Gasteiger partial charge in [0.05, 0.1) is 11.0 Å². The van der Waals surface area contributed by atoms with E-state index in [9.17, 15) is 9.59 Å². The normalized spacial score (nSPS) is 10.4. The van der Waals surface area contributed by atoms with Gasteiger partial charge in [-0.2, -0.15) is 0 Å². The van der Waals surface area contributed by atoms with E-state index < -0.39 is 5.97 Å². The molecule has 15 heavy (non-hydrogen) atoms. The number of rotatable bonds is 3. The van der Waals surface area contributed by atoms with Gasteiger partial charge in [-0.15, -0.1) is 0 Å². The van der Waals surface area contributed by atoms with Crippen molar-refractivity contribution in [2.24, 2.45) is 0 Å². The Kier molecular flexibility index (Phi) is 2.21. The fourth-order valence-electron chi connectivity index (χ4n) is 1.49. The number of aldehydes is 1. The molecule has 0 saturated heterocycles. The minimum absolute atomic E-state index is 0.138. The van der Waals surface area contributed by atoms with Crippen molar-refractivity contribution in [2.45, 2.75) is 6.54 Å². The Morgan fingerprint density at radius 1 is 1.47 bits per heavy atom. The van der Waals surface area contributed by atoms with Crippen molar-refractivity contribution in [1.29, 1.82) is 0 Å². The van der Waals surface area contributed by atoms with Crippen LogP contribution in [0.15, 0.2) is 24.3 Å². The smallest absolute Gasteiger partial charge is 0.323 e. The molecule has 1 N–H and O–H groups in total. The summed E-state index contributed by atoms with van der Waals surface area (Å²) in [5.41, 5.74) is 1.28. The molecular formula is C10H8N2O3. The Labute approximate surface area is 85.0 Å². The minimum atomic E-state index is -0.999. The van der Waals surface area contributed by atoms with Crippen LogP contribution in [0.2, 0.25) is 0 Å². The zero-order valence-corrected chi connectivity index (χ0v) is 7.75. The van der Waals surface area contributed by atoms with Gasteiger partial charge in [-0.05, 0) is 12.1 Å². The summed E-state index contributed by atoms with van der Waals surface area (Å²) in [6.07, 6.45) is 0.558. The Balaban J connectivity index is 2.66. The number of carbonyl (C=O) groups is 2. The van der Waals surface area contributed by atoms with E-state index in [1.165, 1.54) is 4.57 Å². The van der Waals surface area contributed by atoms with Gasteiger partial charge in [-0.1, -0.05) is 12.1 Å². The number of benzene rings is 1. The van der Waals surface area contributed by atoms with E-state index in [1.807, 2.05) is 0 Å². The van der Waals surface area contributed by atoms with Crippen LogP contribution in [0.25, 0.3) is 11.0 Å². The van der Waals surface area contributed by atoms with Gasteiger partial charge in [0.25, 0.3) is 0 Å². The van der Waals surface area contributed by atoms with E-state index in [1.54, 1.807) is 24.3 Å². The highest BCUT2D eigenvalue weighted by atomic mass is 16.4. The topological polar surface area (TPSA) is 72.2 Å². The van der Waals surface area contributed by atoms with Gasteiger partial charge in [0.15, 0.2) is 12.1 Å². The van der Waals surface area contributed by atoms with Gasteiger partial charge in [-0.25, -0.2) is 4.98 Å². The molecule has 0 aliphatic carbocycles. The third-order valence-corrected chi connectivity index (χ3v) is 2.08. The second kappa shape index (κ2) is 3.53. The predicted octanol–water partition coefficient (Wildman–Crippen LogP) is 0.933. The summed E-state index contributed by atoms with van der Waals surface area (Å²) in [4.78, 5) is 25.3. The summed E-state index contributed by atoms with van der Waals surface area (Å²) in [6, 6.07) is 7.03. The van der Waals surface area contributed by atoms with Crippen molar-refractivity contribution in [1.82, 2.24) is 9.55 Å². The van der Waals surface area contributed by atoms with E-state index in [-0.39, 0.29) is 12.4 Å². The highest BCUT2D eigenvalue weighted by Gasteiger charge is 2.11. The zero-order chi connectivity index (χ0) is 10.8. The number of hydrogen-bond donors (Lipinski definition) is 1. The summed E-state index contributed by atoms with van der Waals surface area (Å²) < 4.78 is 1.38. The lowest BCUT2D eigenvalue weighted by Crippen LogP contribution is -2.11. The predicted molar refractivity (Wildman–Crippen MR) is 52.8 cm³/mol. The fraction of sp³-hybridized carbons (Fsp3) is 0.100. The van der Waals surface area contributed by atoms with Crippen LogP contribution in [-0.2, 0) is 11.3 Å². The molecule has 2 aromatic rings. The summed E-state index contributed by atoms with van der Waals surface area (Å²) in [5, 5.41) is 8.70. The first-order valence-corrected chi connectivity index (χ1v) is 4.34. The van der Waals surface area contributed by atoms with Crippen LogP contribution in [-0.4, -0.2) is 26.9 Å². The first-order valence-electron chi connectivity index (χ1n) is 4.34. The molecular weight excluding hydrogens is 196 g/mol. The first kappa shape index (κ1) is 9.39. The summed E-state index contributed by atoms with van der Waals surface area (Å²) in [5.74, 6) is -0.861. The molecule has 1 heterocycles. The van der Waals surface area contributed by atoms with E-state index in [0.717, 1.165) is 0 Å². The monoisotopic (exact) mass is 204 g/mol. The fourth-order valence-corrected chi connectivity index (χ4v) is 1.49. The molecule has 2 rings (SSSR count). The molecule has 1 aromatic carbocycles. The van der Waals surface area contributed by atoms with Crippen LogP contribution in [0.3, 0.4) is 0 Å². The van der Waals surface area contributed by atoms with Crippen molar-refractivity contribution >= 4 is 23.3 Å². The number of para-hydroxylation sites is 2. The molecule has 0 bridgehead atoms. The zero-order valence-electron chi connectivity index (χ0n) is 7.75. The van der Waals surface area contributed by atoms with Crippen LogP contribution in [0.5, 0.6) is 0 Å². The molecule has 0 aliphatic heterocycles. The molecule has 0 unspecified atom stereocenters. The number of nitrogens with zero attached hydrogens (tertiary/aromatic N) is 2. The second-order valence-electron chi connectivity index (χ2n) is 3.06. The number of hydrogen-bond acceptors (Lipinski definition) is 3. The van der Waals surface area contributed by atoms with Crippen molar-refractivity contribution in [3.05, 3.63) is 30.1 Å². The van der Waals surface area contributed by atoms with Crippen molar-refractivity contribution in [3.8, 4) is 0 Å². The van der Waals surface area contributed by atoms with Crippen molar-refractivity contribution in [2.75, 3.05) is 0 Å². The van der Waals surface area contributed by atoms with E-state index >= 15 is 0 Å². The largest absolute Gasteiger partial charge is 0.480 e. The molecule has 5 nitrogen and oxygen atoms in total. The summed E-state index contributed by atoms with van der Waals surface area (Å²) >= 11 is 0. The summed E-state index contributed by atoms with van der Waals surface area (Å²) in [7, 11) is 0. The molecule has 0 aliphatic rings. The van der Waals surface area contributed by atoms with E-state index in [0.29, 0.717) is 17.3 Å². The molecule has 0 spiro atoms. The Morgan fingerprint density at radius 3 is 2.87 bits per heavy atom. The lowest BCUT2D eigenvalue weighted by Gasteiger charge is -2.00. The van der Waals surface area contributed by atoms with Crippen LogP contribution >= 0.6 is 0 Å². The number of imidazole rings is 1. The Morgan fingerprint density at radius 2 is 2.20 bits per heavy atom. The number of aliphatic carboxylic acids is 1. The average Bonchev–Trinajstić information content (AvgIpc) is 2.56. The van der Waals surface area contributed by atoms with Gasteiger partial charge >= 0.3 is 5.97 Å². The van der Waals surface area contributed by atoms with Gasteiger partial charge < -0.3 is 9.67 Å². The lowest BCUT2D eigenvalue weighted by atomic mass is 10.3. The number of carbonyl (C=O) groups excluding carboxylic acids is 1. The number of fused-ring (bicyclic) bond motifs is 1. The highest BCUT2D eigenvalue weighted by Crippen LogP contribution is 2.14. The molecule has 76 valence electrons.